The summed E-state index contributed by atoms with van der Waals surface area (Å²) in [4.78, 5) is 38.0. The lowest BCUT2D eigenvalue weighted by Gasteiger charge is -2.22. The third kappa shape index (κ3) is 6.06. The molecule has 0 saturated carbocycles. The summed E-state index contributed by atoms with van der Waals surface area (Å²) >= 11 is 0. The fraction of sp³-hybridized carbons (Fsp3) is 0.300. The Morgan fingerprint density at radius 3 is 1.97 bits per heavy atom. The zero-order valence-electron chi connectivity index (χ0n) is 20.8. The first kappa shape index (κ1) is 26.1. The molecule has 2 amide bonds. The van der Waals surface area contributed by atoms with Gasteiger partial charge in [-0.05, 0) is 66.6 Å². The van der Waals surface area contributed by atoms with Gasteiger partial charge in [-0.15, -0.1) is 0 Å². The summed E-state index contributed by atoms with van der Waals surface area (Å²) in [7, 11) is 0. The van der Waals surface area contributed by atoms with Gasteiger partial charge in [-0.25, -0.2) is 0 Å². The van der Waals surface area contributed by atoms with Gasteiger partial charge in [0, 0.05) is 6.54 Å². The van der Waals surface area contributed by atoms with Crippen LogP contribution in [0, 0.1) is 5.92 Å². The number of rotatable bonds is 12. The van der Waals surface area contributed by atoms with Crippen molar-refractivity contribution in [1.29, 1.82) is 0 Å². The second-order valence-electron chi connectivity index (χ2n) is 9.22. The lowest BCUT2D eigenvalue weighted by atomic mass is 9.93. The third-order valence-corrected chi connectivity index (χ3v) is 6.67. The molecule has 0 aromatic heterocycles. The molecule has 7 nitrogen and oxygen atoms in total. The van der Waals surface area contributed by atoms with Crippen LogP contribution in [0.2, 0.25) is 0 Å². The van der Waals surface area contributed by atoms with Crippen LogP contribution in [0.4, 0.5) is 0 Å². The average Bonchev–Trinajstić information content (AvgIpc) is 3.16. The molecule has 1 aliphatic rings. The van der Waals surface area contributed by atoms with Gasteiger partial charge in [0.1, 0.15) is 5.75 Å². The van der Waals surface area contributed by atoms with Crippen molar-refractivity contribution in [3.05, 3.63) is 89.5 Å². The number of hydrogen-bond donors (Lipinski definition) is 2. The molecule has 3 aromatic rings. The number of aliphatic carboxylic acids is 1. The van der Waals surface area contributed by atoms with E-state index in [0.717, 1.165) is 33.8 Å². The number of ether oxygens (including phenoxy) is 1. The number of carboxylic acids is 1. The second-order valence-corrected chi connectivity index (χ2v) is 9.22. The Bertz CT molecular complexity index is 1220. The van der Waals surface area contributed by atoms with E-state index in [-0.39, 0.29) is 19.4 Å². The topological polar surface area (TPSA) is 104 Å². The van der Waals surface area contributed by atoms with E-state index >= 15 is 0 Å². The van der Waals surface area contributed by atoms with Gasteiger partial charge >= 0.3 is 5.97 Å². The van der Waals surface area contributed by atoms with Crippen molar-refractivity contribution in [2.24, 2.45) is 5.92 Å². The number of carboxylic acid groups (broad SMARTS) is 1. The van der Waals surface area contributed by atoms with Crippen LogP contribution in [0.3, 0.4) is 0 Å². The number of carbonyl (C=O) groups excluding carboxylic acids is 2. The van der Waals surface area contributed by atoms with Gasteiger partial charge in [0.2, 0.25) is 0 Å². The quantitative estimate of drug-likeness (QED) is 0.345. The molecule has 7 heteroatoms. The Morgan fingerprint density at radius 2 is 1.43 bits per heavy atom. The Hall–Kier alpha value is -3.97. The molecule has 0 aliphatic carbocycles. The van der Waals surface area contributed by atoms with Crippen LogP contribution in [0.1, 0.15) is 52.5 Å². The number of amides is 2. The molecular weight excluding hydrogens is 470 g/mol. The number of imide groups is 1. The molecule has 192 valence electrons. The van der Waals surface area contributed by atoms with E-state index in [4.69, 9.17) is 4.74 Å². The standard InChI is InChI=1S/C30H31NO6/c1-2-19-37-23-14-12-22(13-15-23)21-10-7-20(8-11-21)9-16-27(32)26(30(35)36)17-18-31-28(33)24-5-3-4-6-25(24)29(31)34/h3-8,10-15,26-27,32H,2,9,16-19H2,1H3,(H,35,36)/t26-,27?/m1/s1. The van der Waals surface area contributed by atoms with E-state index in [2.05, 4.69) is 6.92 Å². The lowest BCUT2D eigenvalue weighted by molar-refractivity contribution is -0.146. The van der Waals surface area contributed by atoms with Crippen LogP contribution in [0.5, 0.6) is 5.75 Å². The predicted molar refractivity (Wildman–Crippen MR) is 140 cm³/mol. The molecule has 4 rings (SSSR count). The van der Waals surface area contributed by atoms with Gasteiger partial charge in [0.05, 0.1) is 29.8 Å². The number of aliphatic hydroxyl groups excluding tert-OH is 1. The molecule has 0 spiro atoms. The van der Waals surface area contributed by atoms with Crippen molar-refractivity contribution in [1.82, 2.24) is 4.90 Å². The van der Waals surface area contributed by atoms with E-state index < -0.39 is 29.8 Å². The fourth-order valence-corrected chi connectivity index (χ4v) is 4.53. The zero-order chi connectivity index (χ0) is 26.4. The summed E-state index contributed by atoms with van der Waals surface area (Å²) in [5.74, 6) is -2.25. The molecule has 0 radical (unpaired) electrons. The number of aryl methyl sites for hydroxylation is 1. The minimum atomic E-state index is -1.15. The summed E-state index contributed by atoms with van der Waals surface area (Å²) in [5.41, 5.74) is 3.74. The van der Waals surface area contributed by atoms with E-state index in [0.29, 0.717) is 24.2 Å². The maximum Gasteiger partial charge on any atom is 0.309 e. The molecule has 37 heavy (non-hydrogen) atoms. The number of aliphatic hydroxyl groups is 1. The number of nitrogens with zero attached hydrogens (tertiary/aromatic N) is 1. The van der Waals surface area contributed by atoms with Gasteiger partial charge in [0.15, 0.2) is 0 Å². The van der Waals surface area contributed by atoms with Gasteiger partial charge in [-0.1, -0.05) is 55.5 Å². The summed E-state index contributed by atoms with van der Waals surface area (Å²) in [6.45, 7) is 2.69. The molecule has 0 bridgehead atoms. The highest BCUT2D eigenvalue weighted by atomic mass is 16.5. The average molecular weight is 502 g/mol. The predicted octanol–water partition coefficient (Wildman–Crippen LogP) is 4.82. The van der Waals surface area contributed by atoms with E-state index in [1.165, 1.54) is 0 Å². The number of benzene rings is 3. The monoisotopic (exact) mass is 501 g/mol. The third-order valence-electron chi connectivity index (χ3n) is 6.67. The van der Waals surface area contributed by atoms with Gasteiger partial charge in [-0.2, -0.15) is 0 Å². The van der Waals surface area contributed by atoms with Crippen molar-refractivity contribution in [2.75, 3.05) is 13.2 Å². The first-order chi connectivity index (χ1) is 17.9. The number of hydrogen-bond acceptors (Lipinski definition) is 5. The molecule has 2 atom stereocenters. The number of fused-ring (bicyclic) bond motifs is 1. The maximum atomic E-state index is 12.5. The molecule has 1 unspecified atom stereocenters. The largest absolute Gasteiger partial charge is 0.494 e. The SMILES string of the molecule is CCCOc1ccc(-c2ccc(CCC(O)[C@@H](CCN3C(=O)c4ccccc4C3=O)C(=O)O)cc2)cc1. The van der Waals surface area contributed by atoms with Gasteiger partial charge < -0.3 is 14.9 Å². The molecule has 0 fully saturated rings. The maximum absolute atomic E-state index is 12.5. The fourth-order valence-electron chi connectivity index (χ4n) is 4.53. The summed E-state index contributed by atoms with van der Waals surface area (Å²) < 4.78 is 5.63. The highest BCUT2D eigenvalue weighted by Crippen LogP contribution is 2.26. The number of carbonyl (C=O) groups is 3. The highest BCUT2D eigenvalue weighted by Gasteiger charge is 2.36. The molecule has 0 saturated heterocycles. The Morgan fingerprint density at radius 1 is 0.865 bits per heavy atom. The first-order valence-electron chi connectivity index (χ1n) is 12.6. The Kier molecular flexibility index (Phi) is 8.36. The first-order valence-corrected chi connectivity index (χ1v) is 12.6. The molecule has 1 heterocycles. The van der Waals surface area contributed by atoms with Crippen molar-refractivity contribution in [3.8, 4) is 16.9 Å². The smallest absolute Gasteiger partial charge is 0.309 e. The van der Waals surface area contributed by atoms with Crippen molar-refractivity contribution in [3.63, 3.8) is 0 Å². The lowest BCUT2D eigenvalue weighted by Crippen LogP contribution is -2.36. The van der Waals surface area contributed by atoms with E-state index in [1.807, 2.05) is 48.5 Å². The van der Waals surface area contributed by atoms with Crippen LogP contribution in [0.15, 0.2) is 72.8 Å². The van der Waals surface area contributed by atoms with Gasteiger partial charge in [-0.3, -0.25) is 19.3 Å². The second kappa shape index (κ2) is 11.8. The molecule has 2 N–H and O–H groups in total. The molecular formula is C30H31NO6. The minimum Gasteiger partial charge on any atom is -0.494 e. The van der Waals surface area contributed by atoms with Crippen molar-refractivity contribution >= 4 is 17.8 Å². The van der Waals surface area contributed by atoms with Crippen LogP contribution in [-0.2, 0) is 11.2 Å². The summed E-state index contributed by atoms with van der Waals surface area (Å²) in [5, 5.41) is 20.4. The Balaban J connectivity index is 1.31. The van der Waals surface area contributed by atoms with Gasteiger partial charge in [0.25, 0.3) is 11.8 Å². The van der Waals surface area contributed by atoms with E-state index in [1.54, 1.807) is 24.3 Å². The molecule has 3 aromatic carbocycles. The molecule has 1 aliphatic heterocycles. The van der Waals surface area contributed by atoms with Crippen molar-refractivity contribution in [2.45, 2.75) is 38.7 Å². The van der Waals surface area contributed by atoms with Crippen LogP contribution >= 0.6 is 0 Å². The zero-order valence-corrected chi connectivity index (χ0v) is 20.8. The Labute approximate surface area is 216 Å². The van der Waals surface area contributed by atoms with Crippen molar-refractivity contribution < 1.29 is 29.3 Å². The minimum absolute atomic E-state index is 0.0150. The van der Waals surface area contributed by atoms with Crippen LogP contribution < -0.4 is 4.74 Å². The van der Waals surface area contributed by atoms with Crippen LogP contribution in [0.25, 0.3) is 11.1 Å². The summed E-state index contributed by atoms with van der Waals surface area (Å²) in [6.07, 6.45) is 0.587. The summed E-state index contributed by atoms with van der Waals surface area (Å²) in [6, 6.07) is 22.4. The van der Waals surface area contributed by atoms with E-state index in [9.17, 15) is 24.6 Å². The normalized spacial score (nSPS) is 14.4. The van der Waals surface area contributed by atoms with Crippen LogP contribution in [-0.4, -0.2) is 52.2 Å². The highest BCUT2D eigenvalue weighted by molar-refractivity contribution is 6.21.